The van der Waals surface area contributed by atoms with Crippen LogP contribution in [0.4, 0.5) is 0 Å². The fraction of sp³-hybridized carbons (Fsp3) is 0.357. The summed E-state index contributed by atoms with van der Waals surface area (Å²) in [7, 11) is 1.69. The first-order valence-corrected chi connectivity index (χ1v) is 7.61. The molecule has 1 heterocycles. The Labute approximate surface area is 129 Å². The van der Waals surface area contributed by atoms with E-state index in [2.05, 4.69) is 37.9 Å². The molecule has 5 heteroatoms. The highest BCUT2D eigenvalue weighted by molar-refractivity contribution is 9.11. The minimum absolute atomic E-state index is 0.0646. The second kappa shape index (κ2) is 6.68. The number of methoxy groups -OCH3 is 1. The Morgan fingerprint density at radius 3 is 2.53 bits per heavy atom. The summed E-state index contributed by atoms with van der Waals surface area (Å²) in [6.45, 7) is 2.06. The number of carbonyl (C=O) groups excluding carboxylic acids is 1. The van der Waals surface area contributed by atoms with Crippen LogP contribution in [0.25, 0.3) is 0 Å². The van der Waals surface area contributed by atoms with Crippen LogP contribution in [0.1, 0.15) is 16.8 Å². The average Bonchev–Trinajstić information content (AvgIpc) is 2.38. The second-order valence-electron chi connectivity index (χ2n) is 4.45. The molecule has 1 aromatic carbocycles. The van der Waals surface area contributed by atoms with Gasteiger partial charge in [-0.15, -0.1) is 0 Å². The molecule has 3 nitrogen and oxygen atoms in total. The predicted octanol–water partition coefficient (Wildman–Crippen LogP) is 3.63. The maximum absolute atomic E-state index is 12.4. The molecule has 1 aliphatic rings. The zero-order chi connectivity index (χ0) is 13.8. The van der Waals surface area contributed by atoms with Crippen molar-refractivity contribution in [1.29, 1.82) is 0 Å². The van der Waals surface area contributed by atoms with Gasteiger partial charge in [0.2, 0.25) is 0 Å². The zero-order valence-corrected chi connectivity index (χ0v) is 13.8. The maximum atomic E-state index is 12.4. The standard InChI is InChI=1S/C14H15Br2NO2/c1-19-9-10-2-4-17(5-3-10)14(18)11-6-12(15)8-13(16)7-11/h2,6-8H,3-5,9H2,1H3. The number of nitrogens with zero attached hydrogens (tertiary/aromatic N) is 1. The highest BCUT2D eigenvalue weighted by atomic mass is 79.9. The first kappa shape index (κ1) is 14.8. The van der Waals surface area contributed by atoms with E-state index < -0.39 is 0 Å². The molecular formula is C14H15Br2NO2. The molecule has 0 fully saturated rings. The Kier molecular flexibility index (Phi) is 5.19. The first-order valence-electron chi connectivity index (χ1n) is 6.02. The molecule has 102 valence electrons. The fourth-order valence-corrected chi connectivity index (χ4v) is 3.37. The lowest BCUT2D eigenvalue weighted by Gasteiger charge is -2.26. The lowest BCUT2D eigenvalue weighted by molar-refractivity contribution is 0.0765. The molecule has 0 unspecified atom stereocenters. The second-order valence-corrected chi connectivity index (χ2v) is 6.29. The van der Waals surface area contributed by atoms with E-state index in [0.717, 1.165) is 21.9 Å². The Morgan fingerprint density at radius 2 is 2.00 bits per heavy atom. The quantitative estimate of drug-likeness (QED) is 0.740. The highest BCUT2D eigenvalue weighted by Gasteiger charge is 2.19. The van der Waals surface area contributed by atoms with Crippen LogP contribution in [-0.4, -0.2) is 37.6 Å². The Bertz CT molecular complexity index is 494. The lowest BCUT2D eigenvalue weighted by Crippen LogP contribution is -2.35. The number of hydrogen-bond donors (Lipinski definition) is 0. The topological polar surface area (TPSA) is 29.5 Å². The highest BCUT2D eigenvalue weighted by Crippen LogP contribution is 2.22. The molecule has 0 radical (unpaired) electrons. The smallest absolute Gasteiger partial charge is 0.254 e. The summed E-state index contributed by atoms with van der Waals surface area (Å²) in [5, 5.41) is 0. The van der Waals surface area contributed by atoms with Crippen LogP contribution in [0.3, 0.4) is 0 Å². The molecule has 1 aliphatic heterocycles. The summed E-state index contributed by atoms with van der Waals surface area (Å²) in [5.74, 6) is 0.0646. The minimum Gasteiger partial charge on any atom is -0.380 e. The first-order chi connectivity index (χ1) is 9.10. The SMILES string of the molecule is COCC1=CCN(C(=O)c2cc(Br)cc(Br)c2)CC1. The average molecular weight is 389 g/mol. The minimum atomic E-state index is 0.0646. The molecule has 0 spiro atoms. The summed E-state index contributed by atoms with van der Waals surface area (Å²) in [5.41, 5.74) is 1.96. The molecule has 0 N–H and O–H groups in total. The number of ether oxygens (including phenoxy) is 1. The van der Waals surface area contributed by atoms with Gasteiger partial charge in [0.15, 0.2) is 0 Å². The number of rotatable bonds is 3. The molecule has 1 amide bonds. The molecule has 0 saturated heterocycles. The third kappa shape index (κ3) is 3.91. The molecule has 2 rings (SSSR count). The summed E-state index contributed by atoms with van der Waals surface area (Å²) >= 11 is 6.81. The van der Waals surface area contributed by atoms with Crippen molar-refractivity contribution in [2.45, 2.75) is 6.42 Å². The van der Waals surface area contributed by atoms with E-state index in [9.17, 15) is 4.79 Å². The molecule has 0 aliphatic carbocycles. The van der Waals surface area contributed by atoms with Gasteiger partial charge in [-0.2, -0.15) is 0 Å². The van der Waals surface area contributed by atoms with Crippen LogP contribution in [0.15, 0.2) is 38.8 Å². The van der Waals surface area contributed by atoms with Crippen LogP contribution < -0.4 is 0 Å². The third-order valence-corrected chi connectivity index (χ3v) is 3.95. The summed E-state index contributed by atoms with van der Waals surface area (Å²) in [6.07, 6.45) is 2.96. The summed E-state index contributed by atoms with van der Waals surface area (Å²) < 4.78 is 6.91. The van der Waals surface area contributed by atoms with Gasteiger partial charge in [-0.25, -0.2) is 0 Å². The molecule has 19 heavy (non-hydrogen) atoms. The van der Waals surface area contributed by atoms with Gasteiger partial charge in [-0.3, -0.25) is 4.79 Å². The summed E-state index contributed by atoms with van der Waals surface area (Å²) in [6, 6.07) is 5.62. The monoisotopic (exact) mass is 387 g/mol. The molecule has 0 bridgehead atoms. The Morgan fingerprint density at radius 1 is 1.32 bits per heavy atom. The Hall–Kier alpha value is -0.650. The lowest BCUT2D eigenvalue weighted by atomic mass is 10.1. The van der Waals surface area contributed by atoms with E-state index in [1.807, 2.05) is 23.1 Å². The van der Waals surface area contributed by atoms with Crippen molar-refractivity contribution in [3.05, 3.63) is 44.4 Å². The van der Waals surface area contributed by atoms with Gasteiger partial charge in [-0.05, 0) is 30.2 Å². The number of benzene rings is 1. The van der Waals surface area contributed by atoms with Crippen LogP contribution >= 0.6 is 31.9 Å². The van der Waals surface area contributed by atoms with Gasteiger partial charge >= 0.3 is 0 Å². The number of amides is 1. The normalized spacial score (nSPS) is 15.3. The van der Waals surface area contributed by atoms with Crippen molar-refractivity contribution in [2.24, 2.45) is 0 Å². The number of carbonyl (C=O) groups is 1. The van der Waals surface area contributed by atoms with Crippen LogP contribution in [0.2, 0.25) is 0 Å². The zero-order valence-electron chi connectivity index (χ0n) is 10.7. The van der Waals surface area contributed by atoms with Gasteiger partial charge in [0, 0.05) is 34.7 Å². The predicted molar refractivity (Wildman–Crippen MR) is 82.3 cm³/mol. The van der Waals surface area contributed by atoms with E-state index in [1.54, 1.807) is 7.11 Å². The Balaban J connectivity index is 2.09. The van der Waals surface area contributed by atoms with E-state index in [1.165, 1.54) is 5.57 Å². The molecule has 0 aromatic heterocycles. The van der Waals surface area contributed by atoms with Crippen LogP contribution in [0, 0.1) is 0 Å². The van der Waals surface area contributed by atoms with E-state index in [4.69, 9.17) is 4.74 Å². The van der Waals surface area contributed by atoms with Gasteiger partial charge < -0.3 is 9.64 Å². The van der Waals surface area contributed by atoms with E-state index in [0.29, 0.717) is 18.7 Å². The molecule has 0 saturated carbocycles. The van der Waals surface area contributed by atoms with Crippen molar-refractivity contribution in [1.82, 2.24) is 4.90 Å². The third-order valence-electron chi connectivity index (χ3n) is 3.03. The largest absolute Gasteiger partial charge is 0.380 e. The number of hydrogen-bond acceptors (Lipinski definition) is 2. The van der Waals surface area contributed by atoms with Crippen LogP contribution in [0.5, 0.6) is 0 Å². The summed E-state index contributed by atoms with van der Waals surface area (Å²) in [4.78, 5) is 14.2. The van der Waals surface area contributed by atoms with E-state index >= 15 is 0 Å². The van der Waals surface area contributed by atoms with Crippen molar-refractivity contribution >= 4 is 37.8 Å². The van der Waals surface area contributed by atoms with Crippen molar-refractivity contribution in [2.75, 3.05) is 26.8 Å². The van der Waals surface area contributed by atoms with Crippen molar-refractivity contribution in [3.63, 3.8) is 0 Å². The van der Waals surface area contributed by atoms with Crippen LogP contribution in [-0.2, 0) is 4.74 Å². The number of halogens is 2. The molecule has 1 aromatic rings. The molecule has 0 atom stereocenters. The maximum Gasteiger partial charge on any atom is 0.254 e. The van der Waals surface area contributed by atoms with Gasteiger partial charge in [-0.1, -0.05) is 37.9 Å². The van der Waals surface area contributed by atoms with E-state index in [-0.39, 0.29) is 5.91 Å². The molecular weight excluding hydrogens is 374 g/mol. The van der Waals surface area contributed by atoms with Gasteiger partial charge in [0.25, 0.3) is 5.91 Å². The van der Waals surface area contributed by atoms with Gasteiger partial charge in [0.05, 0.1) is 6.61 Å². The van der Waals surface area contributed by atoms with Crippen molar-refractivity contribution in [3.8, 4) is 0 Å². The van der Waals surface area contributed by atoms with Crippen molar-refractivity contribution < 1.29 is 9.53 Å². The van der Waals surface area contributed by atoms with Gasteiger partial charge in [0.1, 0.15) is 0 Å². The fourth-order valence-electron chi connectivity index (χ4n) is 2.07.